The third-order valence-corrected chi connectivity index (χ3v) is 3.26. The summed E-state index contributed by atoms with van der Waals surface area (Å²) in [6.45, 7) is 0. The van der Waals surface area contributed by atoms with Gasteiger partial charge in [0.2, 0.25) is 0 Å². The lowest BCUT2D eigenvalue weighted by atomic mass is 10.00. The Morgan fingerprint density at radius 1 is 1.33 bits per heavy atom. The number of fused-ring (bicyclic) bond motifs is 2. The normalized spacial score (nSPS) is 34.6. The van der Waals surface area contributed by atoms with E-state index in [1.165, 1.54) is 0 Å². The summed E-state index contributed by atoms with van der Waals surface area (Å²) < 4.78 is 36.7. The molecule has 1 amide bonds. The highest BCUT2D eigenvalue weighted by Gasteiger charge is 2.54. The number of carbonyl (C=O) groups is 2. The topological polar surface area (TPSA) is 37.4 Å². The van der Waals surface area contributed by atoms with Crippen LogP contribution in [0.15, 0.2) is 0 Å². The fraction of sp³-hybridized carbons (Fsp3) is 0.778. The van der Waals surface area contributed by atoms with Crippen molar-refractivity contribution >= 4 is 12.2 Å². The van der Waals surface area contributed by atoms with Crippen LogP contribution in [0.4, 0.5) is 13.2 Å². The fourth-order valence-electron chi connectivity index (χ4n) is 2.65. The van der Waals surface area contributed by atoms with E-state index in [2.05, 4.69) is 0 Å². The predicted molar refractivity (Wildman–Crippen MR) is 43.9 cm³/mol. The number of aldehydes is 1. The molecule has 0 radical (unpaired) electrons. The summed E-state index contributed by atoms with van der Waals surface area (Å²) in [6, 6.07) is -1.25. The number of hydrogen-bond donors (Lipinski definition) is 0. The fourth-order valence-corrected chi connectivity index (χ4v) is 2.65. The summed E-state index contributed by atoms with van der Waals surface area (Å²) in [5.41, 5.74) is 0. The van der Waals surface area contributed by atoms with Gasteiger partial charge in [-0.15, -0.1) is 0 Å². The largest absolute Gasteiger partial charge is 0.471 e. The lowest BCUT2D eigenvalue weighted by Crippen LogP contribution is -2.51. The molecule has 1 heterocycles. The minimum absolute atomic E-state index is 0.0706. The average molecular weight is 221 g/mol. The van der Waals surface area contributed by atoms with Crippen LogP contribution < -0.4 is 0 Å². The molecule has 2 aliphatic rings. The summed E-state index contributed by atoms with van der Waals surface area (Å²) in [4.78, 5) is 22.5. The summed E-state index contributed by atoms with van der Waals surface area (Å²) >= 11 is 0. The van der Waals surface area contributed by atoms with Gasteiger partial charge in [-0.25, -0.2) is 0 Å². The molecule has 2 bridgehead atoms. The number of nitrogens with zero attached hydrogens (tertiary/aromatic N) is 1. The summed E-state index contributed by atoms with van der Waals surface area (Å²) in [6.07, 6.45) is -2.54. The van der Waals surface area contributed by atoms with Crippen molar-refractivity contribution in [2.75, 3.05) is 0 Å². The Kier molecular flexibility index (Phi) is 2.24. The van der Waals surface area contributed by atoms with Crippen molar-refractivity contribution in [1.29, 1.82) is 0 Å². The smallest absolute Gasteiger partial charge is 0.322 e. The highest BCUT2D eigenvalue weighted by molar-refractivity contribution is 5.85. The van der Waals surface area contributed by atoms with E-state index >= 15 is 0 Å². The van der Waals surface area contributed by atoms with Crippen LogP contribution in [0.3, 0.4) is 0 Å². The molecule has 1 aliphatic carbocycles. The molecule has 0 unspecified atom stereocenters. The second-order valence-corrected chi connectivity index (χ2v) is 4.06. The van der Waals surface area contributed by atoms with Crippen LogP contribution in [-0.2, 0) is 9.59 Å². The molecule has 6 heteroatoms. The van der Waals surface area contributed by atoms with Gasteiger partial charge in [0.1, 0.15) is 6.29 Å². The molecule has 1 aliphatic heterocycles. The number of carbonyl (C=O) groups excluding carboxylic acids is 2. The maximum absolute atomic E-state index is 12.2. The van der Waals surface area contributed by atoms with Crippen molar-refractivity contribution in [3.05, 3.63) is 0 Å². The van der Waals surface area contributed by atoms with Gasteiger partial charge in [-0.1, -0.05) is 0 Å². The van der Waals surface area contributed by atoms with Crippen molar-refractivity contribution in [2.24, 2.45) is 5.92 Å². The zero-order valence-corrected chi connectivity index (χ0v) is 7.83. The molecule has 3 nitrogen and oxygen atoms in total. The molecule has 1 saturated carbocycles. The van der Waals surface area contributed by atoms with Crippen LogP contribution in [0.5, 0.6) is 0 Å². The SMILES string of the molecule is O=C[C@@H]1[C@H]2CC[C@H](C2)N1C(=O)C(F)(F)F. The highest BCUT2D eigenvalue weighted by atomic mass is 19.4. The third kappa shape index (κ3) is 1.52. The van der Waals surface area contributed by atoms with Crippen LogP contribution in [0.25, 0.3) is 0 Å². The van der Waals surface area contributed by atoms with Gasteiger partial charge in [0.05, 0.1) is 6.04 Å². The Labute approximate surface area is 84.2 Å². The molecule has 15 heavy (non-hydrogen) atoms. The Bertz CT molecular complexity index is 302. The van der Waals surface area contributed by atoms with Gasteiger partial charge >= 0.3 is 12.1 Å². The van der Waals surface area contributed by atoms with Crippen molar-refractivity contribution in [3.63, 3.8) is 0 Å². The van der Waals surface area contributed by atoms with E-state index < -0.39 is 18.1 Å². The molecule has 0 aromatic rings. The molecule has 3 atom stereocenters. The number of piperidine rings is 1. The molecule has 84 valence electrons. The van der Waals surface area contributed by atoms with Gasteiger partial charge in [0.25, 0.3) is 0 Å². The number of halogens is 3. The number of hydrogen-bond acceptors (Lipinski definition) is 2. The first-order valence-corrected chi connectivity index (χ1v) is 4.80. The van der Waals surface area contributed by atoms with Crippen LogP contribution in [0.1, 0.15) is 19.3 Å². The number of alkyl halides is 3. The zero-order chi connectivity index (χ0) is 11.2. The van der Waals surface area contributed by atoms with Gasteiger partial charge in [0, 0.05) is 6.04 Å². The molecule has 0 N–H and O–H groups in total. The number of likely N-dealkylation sites (tertiary alicyclic amines) is 1. The van der Waals surface area contributed by atoms with Gasteiger partial charge in [-0.3, -0.25) is 4.79 Å². The molecular formula is C9H10F3NO2. The lowest BCUT2D eigenvalue weighted by molar-refractivity contribution is -0.189. The Balaban J connectivity index is 2.22. The average Bonchev–Trinajstić information content (AvgIpc) is 2.73. The van der Waals surface area contributed by atoms with E-state index in [0.717, 1.165) is 11.3 Å². The quantitative estimate of drug-likeness (QED) is 0.622. The predicted octanol–water partition coefficient (Wildman–Crippen LogP) is 1.13. The van der Waals surface area contributed by atoms with Crippen molar-refractivity contribution in [2.45, 2.75) is 37.5 Å². The molecule has 0 spiro atoms. The van der Waals surface area contributed by atoms with Gasteiger partial charge in [-0.2, -0.15) is 13.2 Å². The van der Waals surface area contributed by atoms with E-state index in [1.54, 1.807) is 0 Å². The monoisotopic (exact) mass is 221 g/mol. The Hall–Kier alpha value is -1.07. The molecular weight excluding hydrogens is 211 g/mol. The zero-order valence-electron chi connectivity index (χ0n) is 7.83. The molecule has 0 aromatic carbocycles. The molecule has 0 aromatic heterocycles. The van der Waals surface area contributed by atoms with Gasteiger partial charge in [-0.05, 0) is 25.2 Å². The first kappa shape index (κ1) is 10.4. The molecule has 2 fully saturated rings. The van der Waals surface area contributed by atoms with Crippen LogP contribution in [0.2, 0.25) is 0 Å². The maximum Gasteiger partial charge on any atom is 0.471 e. The third-order valence-electron chi connectivity index (χ3n) is 3.26. The van der Waals surface area contributed by atoms with Crippen LogP contribution >= 0.6 is 0 Å². The van der Waals surface area contributed by atoms with Gasteiger partial charge in [0.15, 0.2) is 0 Å². The first-order chi connectivity index (χ1) is 6.95. The van der Waals surface area contributed by atoms with Crippen molar-refractivity contribution in [3.8, 4) is 0 Å². The minimum atomic E-state index is -4.87. The standard InChI is InChI=1S/C9H10F3NO2/c10-9(11,12)8(15)13-6-2-1-5(3-6)7(13)4-14/h4-7H,1-3H2/t5-,6+,7+/m0/s1. The summed E-state index contributed by atoms with van der Waals surface area (Å²) in [5, 5.41) is 0. The van der Waals surface area contributed by atoms with Crippen LogP contribution in [0, 0.1) is 5.92 Å². The Morgan fingerprint density at radius 2 is 2.00 bits per heavy atom. The molecule has 1 saturated heterocycles. The highest BCUT2D eigenvalue weighted by Crippen LogP contribution is 2.43. The summed E-state index contributed by atoms with van der Waals surface area (Å²) in [7, 11) is 0. The van der Waals surface area contributed by atoms with E-state index in [9.17, 15) is 22.8 Å². The lowest BCUT2D eigenvalue weighted by Gasteiger charge is -2.32. The minimum Gasteiger partial charge on any atom is -0.322 e. The summed E-state index contributed by atoms with van der Waals surface area (Å²) in [5.74, 6) is -1.94. The first-order valence-electron chi connectivity index (χ1n) is 4.80. The second-order valence-electron chi connectivity index (χ2n) is 4.06. The second kappa shape index (κ2) is 3.21. The van der Waals surface area contributed by atoms with Crippen LogP contribution in [-0.4, -0.2) is 35.4 Å². The van der Waals surface area contributed by atoms with E-state index in [1.807, 2.05) is 0 Å². The maximum atomic E-state index is 12.2. The number of amides is 1. The molecule has 2 rings (SSSR count). The van der Waals surface area contributed by atoms with Crippen molar-refractivity contribution in [1.82, 2.24) is 4.90 Å². The number of rotatable bonds is 1. The Morgan fingerprint density at radius 3 is 2.53 bits per heavy atom. The van der Waals surface area contributed by atoms with E-state index in [0.29, 0.717) is 19.1 Å². The van der Waals surface area contributed by atoms with E-state index in [-0.39, 0.29) is 12.0 Å². The van der Waals surface area contributed by atoms with E-state index in [4.69, 9.17) is 0 Å². The van der Waals surface area contributed by atoms with Crippen molar-refractivity contribution < 1.29 is 22.8 Å². The van der Waals surface area contributed by atoms with Gasteiger partial charge < -0.3 is 9.69 Å².